The fourth-order valence-electron chi connectivity index (χ4n) is 2.31. The average Bonchev–Trinajstić information content (AvgIpc) is 3.18. The first-order chi connectivity index (χ1) is 9.84. The Hall–Kier alpha value is -2.96. The molecular formula is C13H11N7. The van der Waals surface area contributed by atoms with E-state index in [2.05, 4.69) is 25.5 Å². The molecule has 0 unspecified atom stereocenters. The molecule has 1 aromatic carbocycles. The molecule has 0 aliphatic heterocycles. The van der Waals surface area contributed by atoms with Gasteiger partial charge in [0, 0.05) is 25.6 Å². The number of rotatable bonds is 2. The van der Waals surface area contributed by atoms with Crippen LogP contribution in [0.2, 0.25) is 0 Å². The highest BCUT2D eigenvalue weighted by molar-refractivity contribution is 5.84. The lowest BCUT2D eigenvalue weighted by Gasteiger charge is -2.06. The van der Waals surface area contributed by atoms with Gasteiger partial charge in [0.15, 0.2) is 5.82 Å². The molecule has 7 heteroatoms. The van der Waals surface area contributed by atoms with E-state index >= 15 is 0 Å². The number of aromatic amines is 1. The number of imidazole rings is 1. The minimum Gasteiger partial charge on any atom is -0.296 e. The second-order valence-corrected chi connectivity index (χ2v) is 4.45. The van der Waals surface area contributed by atoms with Crippen LogP contribution >= 0.6 is 0 Å². The number of aromatic nitrogens is 7. The number of hydrogen-bond donors (Lipinski definition) is 1. The van der Waals surface area contributed by atoms with Crippen molar-refractivity contribution >= 4 is 11.0 Å². The summed E-state index contributed by atoms with van der Waals surface area (Å²) in [5.74, 6) is 0.792. The standard InChI is InChI=1S/C13H11N7/c1-19-10-3-2-4-11(12(10)17-18-19)20-8-7-14-13(20)9-5-6-15-16-9/h2-8H,1H3,(H,15,16). The van der Waals surface area contributed by atoms with Gasteiger partial charge in [-0.15, -0.1) is 5.10 Å². The summed E-state index contributed by atoms with van der Waals surface area (Å²) in [4.78, 5) is 4.39. The second-order valence-electron chi connectivity index (χ2n) is 4.45. The first-order valence-corrected chi connectivity index (χ1v) is 6.16. The zero-order valence-electron chi connectivity index (χ0n) is 10.7. The van der Waals surface area contributed by atoms with Gasteiger partial charge < -0.3 is 0 Å². The number of aryl methyl sites for hydroxylation is 1. The Bertz CT molecular complexity index is 869. The van der Waals surface area contributed by atoms with Gasteiger partial charge in [-0.2, -0.15) is 5.10 Å². The fraction of sp³-hybridized carbons (Fsp3) is 0.0769. The van der Waals surface area contributed by atoms with E-state index in [4.69, 9.17) is 0 Å². The maximum atomic E-state index is 4.39. The van der Waals surface area contributed by atoms with Gasteiger partial charge in [0.1, 0.15) is 11.2 Å². The SMILES string of the molecule is Cn1nnc2c(-n3ccnc3-c3ccn[nH]3)cccc21. The maximum absolute atomic E-state index is 4.39. The summed E-state index contributed by atoms with van der Waals surface area (Å²) in [7, 11) is 1.88. The summed E-state index contributed by atoms with van der Waals surface area (Å²) in [5.41, 5.74) is 3.62. The highest BCUT2D eigenvalue weighted by Crippen LogP contribution is 2.24. The highest BCUT2D eigenvalue weighted by atomic mass is 15.4. The van der Waals surface area contributed by atoms with Crippen LogP contribution in [-0.4, -0.2) is 34.7 Å². The first-order valence-electron chi connectivity index (χ1n) is 6.16. The lowest BCUT2D eigenvalue weighted by Crippen LogP contribution is -1.98. The third kappa shape index (κ3) is 1.46. The maximum Gasteiger partial charge on any atom is 0.162 e. The number of benzene rings is 1. The molecule has 7 nitrogen and oxygen atoms in total. The Labute approximate surface area is 113 Å². The summed E-state index contributed by atoms with van der Waals surface area (Å²) in [6, 6.07) is 7.86. The molecule has 0 spiro atoms. The van der Waals surface area contributed by atoms with Crippen molar-refractivity contribution in [1.29, 1.82) is 0 Å². The lowest BCUT2D eigenvalue weighted by atomic mass is 10.2. The topological polar surface area (TPSA) is 77.2 Å². The minimum absolute atomic E-state index is 0.792. The second kappa shape index (κ2) is 4.02. The van der Waals surface area contributed by atoms with Crippen molar-refractivity contribution in [3.63, 3.8) is 0 Å². The molecule has 0 atom stereocenters. The Morgan fingerprint density at radius 1 is 1.15 bits per heavy atom. The smallest absolute Gasteiger partial charge is 0.162 e. The third-order valence-corrected chi connectivity index (χ3v) is 3.26. The Morgan fingerprint density at radius 2 is 2.10 bits per heavy atom. The van der Waals surface area contributed by atoms with Crippen molar-refractivity contribution in [3.05, 3.63) is 42.9 Å². The van der Waals surface area contributed by atoms with Crippen LogP contribution in [0.1, 0.15) is 0 Å². The molecular weight excluding hydrogens is 254 g/mol. The summed E-state index contributed by atoms with van der Waals surface area (Å²) >= 11 is 0. The van der Waals surface area contributed by atoms with Crippen LogP contribution < -0.4 is 0 Å². The van der Waals surface area contributed by atoms with Crippen LogP contribution in [0.25, 0.3) is 28.2 Å². The number of nitrogens with one attached hydrogen (secondary N) is 1. The molecule has 0 saturated carbocycles. The Balaban J connectivity index is 1.99. The molecule has 0 amide bonds. The van der Waals surface area contributed by atoms with Gasteiger partial charge in [-0.25, -0.2) is 9.67 Å². The largest absolute Gasteiger partial charge is 0.296 e. The molecule has 3 heterocycles. The van der Waals surface area contributed by atoms with E-state index in [1.54, 1.807) is 17.1 Å². The molecule has 0 aliphatic rings. The average molecular weight is 265 g/mol. The van der Waals surface area contributed by atoms with Crippen LogP contribution in [-0.2, 0) is 7.05 Å². The predicted molar refractivity (Wildman–Crippen MR) is 73.2 cm³/mol. The molecule has 0 saturated heterocycles. The molecule has 1 N–H and O–H groups in total. The molecule has 0 fully saturated rings. The van der Waals surface area contributed by atoms with E-state index in [0.29, 0.717) is 0 Å². The Kier molecular flexibility index (Phi) is 2.19. The van der Waals surface area contributed by atoms with Gasteiger partial charge in [0.25, 0.3) is 0 Å². The van der Waals surface area contributed by atoms with Crippen molar-refractivity contribution in [2.75, 3.05) is 0 Å². The summed E-state index contributed by atoms with van der Waals surface area (Å²) in [6.45, 7) is 0. The molecule has 4 rings (SSSR count). The molecule has 0 aliphatic carbocycles. The summed E-state index contributed by atoms with van der Waals surface area (Å²) < 4.78 is 3.73. The van der Waals surface area contributed by atoms with Crippen LogP contribution in [0.3, 0.4) is 0 Å². The quantitative estimate of drug-likeness (QED) is 0.596. The van der Waals surface area contributed by atoms with Gasteiger partial charge in [-0.1, -0.05) is 11.3 Å². The fourth-order valence-corrected chi connectivity index (χ4v) is 2.31. The van der Waals surface area contributed by atoms with E-state index in [1.807, 2.05) is 42.1 Å². The molecule has 20 heavy (non-hydrogen) atoms. The minimum atomic E-state index is 0.792. The predicted octanol–water partition coefficient (Wildman–Crippen LogP) is 1.54. The normalized spacial score (nSPS) is 11.2. The Morgan fingerprint density at radius 3 is 2.95 bits per heavy atom. The van der Waals surface area contributed by atoms with Crippen LogP contribution in [0.5, 0.6) is 0 Å². The van der Waals surface area contributed by atoms with Crippen molar-refractivity contribution in [3.8, 4) is 17.2 Å². The van der Waals surface area contributed by atoms with E-state index < -0.39 is 0 Å². The van der Waals surface area contributed by atoms with Crippen LogP contribution in [0, 0.1) is 0 Å². The molecule has 0 bridgehead atoms. The van der Waals surface area contributed by atoms with Gasteiger partial charge in [-0.3, -0.25) is 9.67 Å². The van der Waals surface area contributed by atoms with Crippen molar-refractivity contribution in [1.82, 2.24) is 34.7 Å². The van der Waals surface area contributed by atoms with Gasteiger partial charge in [-0.05, 0) is 18.2 Å². The molecule has 98 valence electrons. The number of hydrogen-bond acceptors (Lipinski definition) is 4. The van der Waals surface area contributed by atoms with E-state index in [-0.39, 0.29) is 0 Å². The summed E-state index contributed by atoms with van der Waals surface area (Å²) in [6.07, 6.45) is 5.36. The third-order valence-electron chi connectivity index (χ3n) is 3.26. The van der Waals surface area contributed by atoms with Gasteiger partial charge >= 0.3 is 0 Å². The van der Waals surface area contributed by atoms with Gasteiger partial charge in [0.05, 0.1) is 11.2 Å². The van der Waals surface area contributed by atoms with E-state index in [0.717, 1.165) is 28.2 Å². The van der Waals surface area contributed by atoms with Crippen molar-refractivity contribution in [2.24, 2.45) is 7.05 Å². The molecule has 4 aromatic rings. The monoisotopic (exact) mass is 265 g/mol. The van der Waals surface area contributed by atoms with Crippen LogP contribution in [0.4, 0.5) is 0 Å². The molecule has 3 aromatic heterocycles. The zero-order valence-corrected chi connectivity index (χ0v) is 10.7. The number of fused-ring (bicyclic) bond motifs is 1. The molecule has 0 radical (unpaired) electrons. The van der Waals surface area contributed by atoms with Crippen molar-refractivity contribution in [2.45, 2.75) is 0 Å². The van der Waals surface area contributed by atoms with E-state index in [9.17, 15) is 0 Å². The van der Waals surface area contributed by atoms with Crippen LogP contribution in [0.15, 0.2) is 42.9 Å². The number of H-pyrrole nitrogens is 1. The zero-order chi connectivity index (χ0) is 13.5. The number of nitrogens with zero attached hydrogens (tertiary/aromatic N) is 6. The highest BCUT2D eigenvalue weighted by Gasteiger charge is 2.13. The lowest BCUT2D eigenvalue weighted by molar-refractivity contribution is 0.736. The first kappa shape index (κ1) is 10.9. The van der Waals surface area contributed by atoms with Gasteiger partial charge in [0.2, 0.25) is 0 Å². The summed E-state index contributed by atoms with van der Waals surface area (Å²) in [5, 5.41) is 15.2. The van der Waals surface area contributed by atoms with E-state index in [1.165, 1.54) is 0 Å². The van der Waals surface area contributed by atoms with Crippen molar-refractivity contribution < 1.29 is 0 Å².